The van der Waals surface area contributed by atoms with Crippen molar-refractivity contribution in [3.05, 3.63) is 29.8 Å². The number of hydrogen-bond donors (Lipinski definition) is 2. The van der Waals surface area contributed by atoms with Crippen LogP contribution in [0.4, 0.5) is 0 Å². The Morgan fingerprint density at radius 2 is 2.11 bits per heavy atom. The van der Waals surface area contributed by atoms with E-state index in [2.05, 4.69) is 19.1 Å². The zero-order chi connectivity index (χ0) is 13.7. The fourth-order valence-electron chi connectivity index (χ4n) is 2.64. The van der Waals surface area contributed by atoms with Crippen molar-refractivity contribution in [2.45, 2.75) is 44.6 Å². The van der Waals surface area contributed by atoms with Crippen molar-refractivity contribution in [1.29, 1.82) is 0 Å². The highest BCUT2D eigenvalue weighted by Crippen LogP contribution is 2.30. The summed E-state index contributed by atoms with van der Waals surface area (Å²) in [6, 6.07) is 8.12. The highest BCUT2D eigenvalue weighted by molar-refractivity contribution is 5.29. The number of nitrogens with two attached hydrogens (primary N) is 1. The molecule has 1 aliphatic carbocycles. The van der Waals surface area contributed by atoms with E-state index in [1.807, 2.05) is 12.1 Å². The van der Waals surface area contributed by atoms with E-state index in [0.29, 0.717) is 19.1 Å². The number of aliphatic hydroxyl groups is 1. The number of rotatable bonds is 6. The molecule has 19 heavy (non-hydrogen) atoms. The van der Waals surface area contributed by atoms with Crippen molar-refractivity contribution in [2.75, 3.05) is 13.2 Å². The molecular formula is C16H25NO2. The first kappa shape index (κ1) is 14.4. The molecule has 1 aliphatic rings. The third-order valence-electron chi connectivity index (χ3n) is 3.93. The molecule has 0 bridgehead atoms. The van der Waals surface area contributed by atoms with Gasteiger partial charge in [0.25, 0.3) is 0 Å². The van der Waals surface area contributed by atoms with Crippen LogP contribution in [0.25, 0.3) is 0 Å². The lowest BCUT2D eigenvalue weighted by atomic mass is 10.0. The Morgan fingerprint density at radius 3 is 2.79 bits per heavy atom. The summed E-state index contributed by atoms with van der Waals surface area (Å²) in [5.74, 6) is 1.33. The summed E-state index contributed by atoms with van der Waals surface area (Å²) in [6.45, 7) is 3.25. The van der Waals surface area contributed by atoms with Gasteiger partial charge in [-0.15, -0.1) is 0 Å². The Balaban J connectivity index is 1.91. The first-order valence-electron chi connectivity index (χ1n) is 7.25. The van der Waals surface area contributed by atoms with Gasteiger partial charge in [-0.25, -0.2) is 0 Å². The van der Waals surface area contributed by atoms with Crippen LogP contribution < -0.4 is 10.5 Å². The lowest BCUT2D eigenvalue weighted by molar-refractivity contribution is 0.00138. The molecule has 3 heteroatoms. The van der Waals surface area contributed by atoms with Crippen LogP contribution >= 0.6 is 0 Å². The minimum absolute atomic E-state index is 0.406. The molecule has 1 atom stereocenters. The highest BCUT2D eigenvalue weighted by atomic mass is 16.5. The van der Waals surface area contributed by atoms with Gasteiger partial charge in [-0.05, 0) is 49.4 Å². The van der Waals surface area contributed by atoms with Gasteiger partial charge in [0.1, 0.15) is 12.4 Å². The van der Waals surface area contributed by atoms with Gasteiger partial charge < -0.3 is 15.6 Å². The number of benzene rings is 1. The van der Waals surface area contributed by atoms with Crippen molar-refractivity contribution in [3.63, 3.8) is 0 Å². The van der Waals surface area contributed by atoms with E-state index in [0.717, 1.165) is 37.9 Å². The van der Waals surface area contributed by atoms with E-state index in [-0.39, 0.29) is 0 Å². The lowest BCUT2D eigenvalue weighted by Crippen LogP contribution is -2.32. The van der Waals surface area contributed by atoms with E-state index >= 15 is 0 Å². The SMILES string of the molecule is CC(CN)Cc1cccc(OCC2(O)CCCC2)c1. The topological polar surface area (TPSA) is 55.5 Å². The second-order valence-electron chi connectivity index (χ2n) is 5.91. The number of hydrogen-bond acceptors (Lipinski definition) is 3. The molecule has 1 aromatic rings. The maximum atomic E-state index is 10.3. The fraction of sp³-hybridized carbons (Fsp3) is 0.625. The van der Waals surface area contributed by atoms with Gasteiger partial charge in [-0.2, -0.15) is 0 Å². The van der Waals surface area contributed by atoms with Crippen molar-refractivity contribution in [1.82, 2.24) is 0 Å². The molecule has 1 aromatic carbocycles. The van der Waals surface area contributed by atoms with Crippen molar-refractivity contribution in [3.8, 4) is 5.75 Å². The summed E-state index contributed by atoms with van der Waals surface area (Å²) in [5, 5.41) is 10.3. The van der Waals surface area contributed by atoms with Crippen LogP contribution in [0.1, 0.15) is 38.2 Å². The van der Waals surface area contributed by atoms with E-state index in [9.17, 15) is 5.11 Å². The number of ether oxygens (including phenoxy) is 1. The monoisotopic (exact) mass is 263 g/mol. The lowest BCUT2D eigenvalue weighted by Gasteiger charge is -2.22. The largest absolute Gasteiger partial charge is 0.491 e. The smallest absolute Gasteiger partial charge is 0.119 e. The van der Waals surface area contributed by atoms with Crippen LogP contribution in [0.5, 0.6) is 5.75 Å². The van der Waals surface area contributed by atoms with Gasteiger partial charge in [0, 0.05) is 0 Å². The zero-order valence-electron chi connectivity index (χ0n) is 11.8. The molecule has 0 amide bonds. The molecule has 0 radical (unpaired) electrons. The third kappa shape index (κ3) is 4.22. The fourth-order valence-corrected chi connectivity index (χ4v) is 2.64. The van der Waals surface area contributed by atoms with Crippen LogP contribution in [-0.2, 0) is 6.42 Å². The summed E-state index contributed by atoms with van der Waals surface area (Å²) in [5.41, 5.74) is 6.29. The molecule has 0 aliphatic heterocycles. The first-order valence-corrected chi connectivity index (χ1v) is 7.25. The molecule has 106 valence electrons. The van der Waals surface area contributed by atoms with Crippen LogP contribution in [0.2, 0.25) is 0 Å². The molecule has 0 saturated heterocycles. The minimum Gasteiger partial charge on any atom is -0.491 e. The highest BCUT2D eigenvalue weighted by Gasteiger charge is 2.31. The average molecular weight is 263 g/mol. The van der Waals surface area contributed by atoms with E-state index in [1.54, 1.807) is 0 Å². The molecule has 1 saturated carbocycles. The predicted molar refractivity (Wildman–Crippen MR) is 77.3 cm³/mol. The predicted octanol–water partition coefficient (Wildman–Crippen LogP) is 2.51. The van der Waals surface area contributed by atoms with Crippen LogP contribution in [0.15, 0.2) is 24.3 Å². The van der Waals surface area contributed by atoms with E-state index < -0.39 is 5.60 Å². The molecule has 1 unspecified atom stereocenters. The van der Waals surface area contributed by atoms with Gasteiger partial charge in [-0.3, -0.25) is 0 Å². The Hall–Kier alpha value is -1.06. The summed E-state index contributed by atoms with van der Waals surface area (Å²) >= 11 is 0. The van der Waals surface area contributed by atoms with Gasteiger partial charge in [-0.1, -0.05) is 31.9 Å². The summed E-state index contributed by atoms with van der Waals surface area (Å²) in [6.07, 6.45) is 4.90. The van der Waals surface area contributed by atoms with Crippen LogP contribution in [-0.4, -0.2) is 23.9 Å². The van der Waals surface area contributed by atoms with E-state index in [1.165, 1.54) is 5.56 Å². The molecule has 2 rings (SSSR count). The molecular weight excluding hydrogens is 238 g/mol. The third-order valence-corrected chi connectivity index (χ3v) is 3.93. The quantitative estimate of drug-likeness (QED) is 0.829. The van der Waals surface area contributed by atoms with Crippen molar-refractivity contribution < 1.29 is 9.84 Å². The van der Waals surface area contributed by atoms with Crippen molar-refractivity contribution in [2.24, 2.45) is 11.7 Å². The summed E-state index contributed by atoms with van der Waals surface area (Å²) in [4.78, 5) is 0. The first-order chi connectivity index (χ1) is 9.11. The molecule has 3 nitrogen and oxygen atoms in total. The standard InChI is InChI=1S/C16H25NO2/c1-13(11-17)9-14-5-4-6-15(10-14)19-12-16(18)7-2-3-8-16/h4-6,10,13,18H,2-3,7-9,11-12,17H2,1H3. The molecule has 1 fully saturated rings. The Bertz CT molecular complexity index is 399. The van der Waals surface area contributed by atoms with Crippen molar-refractivity contribution >= 4 is 0 Å². The van der Waals surface area contributed by atoms with Gasteiger partial charge in [0.15, 0.2) is 0 Å². The normalized spacial score (nSPS) is 19.3. The minimum atomic E-state index is -0.611. The molecule has 0 spiro atoms. The van der Waals surface area contributed by atoms with Crippen LogP contribution in [0.3, 0.4) is 0 Å². The zero-order valence-corrected chi connectivity index (χ0v) is 11.8. The van der Waals surface area contributed by atoms with Gasteiger partial charge in [0.2, 0.25) is 0 Å². The molecule has 3 N–H and O–H groups in total. The Labute approximate surface area is 115 Å². The van der Waals surface area contributed by atoms with Gasteiger partial charge in [0.05, 0.1) is 5.60 Å². The Kier molecular flexibility index (Phi) is 4.83. The maximum absolute atomic E-state index is 10.3. The van der Waals surface area contributed by atoms with Crippen LogP contribution in [0, 0.1) is 5.92 Å². The second kappa shape index (κ2) is 6.40. The van der Waals surface area contributed by atoms with E-state index in [4.69, 9.17) is 10.5 Å². The summed E-state index contributed by atoms with van der Waals surface area (Å²) < 4.78 is 5.77. The molecule has 0 aromatic heterocycles. The second-order valence-corrected chi connectivity index (χ2v) is 5.91. The molecule has 0 heterocycles. The Morgan fingerprint density at radius 1 is 1.37 bits per heavy atom. The average Bonchev–Trinajstić information content (AvgIpc) is 2.84. The maximum Gasteiger partial charge on any atom is 0.119 e. The van der Waals surface area contributed by atoms with Gasteiger partial charge >= 0.3 is 0 Å². The summed E-state index contributed by atoms with van der Waals surface area (Å²) in [7, 11) is 0.